The lowest BCUT2D eigenvalue weighted by Gasteiger charge is -2.27. The summed E-state index contributed by atoms with van der Waals surface area (Å²) in [4.78, 5) is 27.1. The molecule has 0 spiro atoms. The summed E-state index contributed by atoms with van der Waals surface area (Å²) in [5.41, 5.74) is 0.334. The van der Waals surface area contributed by atoms with Crippen molar-refractivity contribution in [3.05, 3.63) is 63.2 Å². The maximum atomic E-state index is 12.9. The molecule has 0 unspecified atom stereocenters. The summed E-state index contributed by atoms with van der Waals surface area (Å²) in [6.45, 7) is 3.88. The van der Waals surface area contributed by atoms with Crippen LogP contribution in [-0.2, 0) is 5.54 Å². The van der Waals surface area contributed by atoms with Crippen molar-refractivity contribution in [2.45, 2.75) is 19.4 Å². The number of aromatic nitrogens is 2. The number of carbonyl (C=O) groups excluding carboxylic acids is 2. The first-order valence-electron chi connectivity index (χ1n) is 9.17. The molecule has 0 aliphatic carbocycles. The van der Waals surface area contributed by atoms with Crippen molar-refractivity contribution in [1.29, 1.82) is 0 Å². The normalized spacial score (nSPS) is 11.4. The van der Waals surface area contributed by atoms with Crippen LogP contribution < -0.4 is 15.4 Å². The van der Waals surface area contributed by atoms with Gasteiger partial charge in [0.1, 0.15) is 10.6 Å². The third-order valence-electron chi connectivity index (χ3n) is 4.67. The maximum Gasteiger partial charge on any atom is 0.266 e. The van der Waals surface area contributed by atoms with Gasteiger partial charge < -0.3 is 15.4 Å². The Morgan fingerprint density at radius 3 is 2.67 bits per heavy atom. The molecule has 0 radical (unpaired) electrons. The van der Waals surface area contributed by atoms with E-state index < -0.39 is 5.54 Å². The first-order valence-corrected chi connectivity index (χ1v) is 10.9. The van der Waals surface area contributed by atoms with Crippen LogP contribution in [0.15, 0.2) is 47.8 Å². The Hall–Kier alpha value is -3.17. The molecule has 0 saturated heterocycles. The van der Waals surface area contributed by atoms with Crippen molar-refractivity contribution in [3.8, 4) is 5.75 Å². The molecule has 0 aliphatic rings. The summed E-state index contributed by atoms with van der Waals surface area (Å²) >= 11 is 2.65. The van der Waals surface area contributed by atoms with Crippen LogP contribution >= 0.6 is 22.7 Å². The summed E-state index contributed by atoms with van der Waals surface area (Å²) < 4.78 is 5.29. The summed E-state index contributed by atoms with van der Waals surface area (Å²) in [5, 5.41) is 15.5. The van der Waals surface area contributed by atoms with Crippen LogP contribution in [0.25, 0.3) is 10.2 Å². The van der Waals surface area contributed by atoms with Gasteiger partial charge in [-0.15, -0.1) is 22.7 Å². The van der Waals surface area contributed by atoms with E-state index >= 15 is 0 Å². The fourth-order valence-electron chi connectivity index (χ4n) is 3.03. The van der Waals surface area contributed by atoms with E-state index in [0.29, 0.717) is 21.0 Å². The second-order valence-electron chi connectivity index (χ2n) is 7.17. The van der Waals surface area contributed by atoms with Gasteiger partial charge in [0.15, 0.2) is 5.82 Å². The standard InChI is InChI=1S/C21H20N4O3S2/c1-21(2,12-6-4-7-13(10-12)28-3)23-19(27)16-11-14-17(24-25-20(14)30-16)22-18(26)15-8-5-9-29-15/h4-11H,1-3H3,(H,23,27)(H2,22,24,25,26). The number of carbonyl (C=O) groups is 2. The summed E-state index contributed by atoms with van der Waals surface area (Å²) in [5.74, 6) is 0.713. The van der Waals surface area contributed by atoms with Gasteiger partial charge in [0.25, 0.3) is 11.8 Å². The van der Waals surface area contributed by atoms with Gasteiger partial charge in [-0.25, -0.2) is 0 Å². The number of nitrogens with zero attached hydrogens (tertiary/aromatic N) is 1. The number of anilines is 1. The van der Waals surface area contributed by atoms with Gasteiger partial charge in [-0.2, -0.15) is 5.10 Å². The van der Waals surface area contributed by atoms with E-state index in [2.05, 4.69) is 20.8 Å². The number of methoxy groups -OCH3 is 1. The van der Waals surface area contributed by atoms with Crippen molar-refractivity contribution in [1.82, 2.24) is 15.5 Å². The lowest BCUT2D eigenvalue weighted by atomic mass is 9.94. The average molecular weight is 441 g/mol. The second kappa shape index (κ2) is 7.92. The lowest BCUT2D eigenvalue weighted by molar-refractivity contribution is 0.0915. The largest absolute Gasteiger partial charge is 0.497 e. The zero-order chi connectivity index (χ0) is 21.3. The SMILES string of the molecule is COc1cccc(C(C)(C)NC(=O)c2cc3c(NC(=O)c4cccs4)n[nH]c3s2)c1. The molecule has 0 bridgehead atoms. The number of nitrogens with one attached hydrogen (secondary N) is 3. The third-order valence-corrected chi connectivity index (χ3v) is 6.58. The van der Waals surface area contributed by atoms with Crippen LogP contribution in [-0.4, -0.2) is 29.1 Å². The Kier molecular flexibility index (Phi) is 5.31. The highest BCUT2D eigenvalue weighted by molar-refractivity contribution is 7.20. The highest BCUT2D eigenvalue weighted by Gasteiger charge is 2.26. The molecule has 0 saturated carbocycles. The molecule has 3 N–H and O–H groups in total. The summed E-state index contributed by atoms with van der Waals surface area (Å²) in [7, 11) is 1.61. The number of amides is 2. The molecular formula is C21H20N4O3S2. The topological polar surface area (TPSA) is 96.1 Å². The third kappa shape index (κ3) is 3.94. The average Bonchev–Trinajstić information content (AvgIpc) is 3.46. The maximum absolute atomic E-state index is 12.9. The second-order valence-corrected chi connectivity index (χ2v) is 9.17. The van der Waals surface area contributed by atoms with Gasteiger partial charge in [0.05, 0.1) is 27.8 Å². The Morgan fingerprint density at radius 2 is 1.93 bits per heavy atom. The van der Waals surface area contributed by atoms with E-state index in [4.69, 9.17) is 4.74 Å². The number of fused-ring (bicyclic) bond motifs is 1. The molecule has 2 amide bonds. The highest BCUT2D eigenvalue weighted by Crippen LogP contribution is 2.31. The van der Waals surface area contributed by atoms with Crippen LogP contribution in [0, 0.1) is 0 Å². The van der Waals surface area contributed by atoms with Gasteiger partial charge in [0, 0.05) is 0 Å². The number of benzene rings is 1. The Labute approximate surface area is 181 Å². The van der Waals surface area contributed by atoms with Crippen molar-refractivity contribution >= 4 is 50.5 Å². The van der Waals surface area contributed by atoms with E-state index in [1.54, 1.807) is 19.2 Å². The van der Waals surface area contributed by atoms with E-state index in [1.165, 1.54) is 22.7 Å². The number of H-pyrrole nitrogens is 1. The molecule has 30 heavy (non-hydrogen) atoms. The minimum Gasteiger partial charge on any atom is -0.497 e. The Bertz CT molecular complexity index is 1210. The molecule has 4 aromatic rings. The molecule has 7 nitrogen and oxygen atoms in total. The van der Waals surface area contributed by atoms with E-state index in [1.807, 2.05) is 49.6 Å². The minimum absolute atomic E-state index is 0.201. The van der Waals surface area contributed by atoms with Crippen molar-refractivity contribution in [2.24, 2.45) is 0 Å². The quantitative estimate of drug-likeness (QED) is 0.408. The predicted molar refractivity (Wildman–Crippen MR) is 120 cm³/mol. The zero-order valence-corrected chi connectivity index (χ0v) is 18.2. The van der Waals surface area contributed by atoms with Crippen molar-refractivity contribution < 1.29 is 14.3 Å². The number of thiophene rings is 2. The predicted octanol–water partition coefficient (Wildman–Crippen LogP) is 4.61. The lowest BCUT2D eigenvalue weighted by Crippen LogP contribution is -2.40. The highest BCUT2D eigenvalue weighted by atomic mass is 32.1. The fourth-order valence-corrected chi connectivity index (χ4v) is 4.55. The van der Waals surface area contributed by atoms with Gasteiger partial charge in [0.2, 0.25) is 0 Å². The number of aromatic amines is 1. The number of hydrogen-bond acceptors (Lipinski definition) is 6. The summed E-state index contributed by atoms with van der Waals surface area (Å²) in [6.07, 6.45) is 0. The molecule has 9 heteroatoms. The van der Waals surface area contributed by atoms with Crippen molar-refractivity contribution in [3.63, 3.8) is 0 Å². The van der Waals surface area contributed by atoms with Crippen molar-refractivity contribution in [2.75, 3.05) is 12.4 Å². The van der Waals surface area contributed by atoms with Crippen LogP contribution in [0.4, 0.5) is 5.82 Å². The molecule has 0 fully saturated rings. The van der Waals surface area contributed by atoms with Crippen LogP contribution in [0.5, 0.6) is 5.75 Å². The van der Waals surface area contributed by atoms with Gasteiger partial charge >= 0.3 is 0 Å². The van der Waals surface area contributed by atoms with Crippen LogP contribution in [0.1, 0.15) is 38.8 Å². The molecule has 0 atom stereocenters. The van der Waals surface area contributed by atoms with Gasteiger partial charge in [-0.05, 0) is 49.1 Å². The van der Waals surface area contributed by atoms with Gasteiger partial charge in [-0.3, -0.25) is 14.7 Å². The number of ether oxygens (including phenoxy) is 1. The first kappa shape index (κ1) is 20.1. The molecule has 4 rings (SSSR count). The van der Waals surface area contributed by atoms with Crippen LogP contribution in [0.3, 0.4) is 0 Å². The Morgan fingerprint density at radius 1 is 1.10 bits per heavy atom. The zero-order valence-electron chi connectivity index (χ0n) is 16.6. The molecule has 1 aromatic carbocycles. The molecule has 0 aliphatic heterocycles. The minimum atomic E-state index is -0.599. The van der Waals surface area contributed by atoms with E-state index in [9.17, 15) is 9.59 Å². The first-order chi connectivity index (χ1) is 14.4. The fraction of sp³-hybridized carbons (Fsp3) is 0.190. The smallest absolute Gasteiger partial charge is 0.266 e. The number of rotatable bonds is 6. The Balaban J connectivity index is 1.53. The molecular weight excluding hydrogens is 420 g/mol. The molecule has 3 heterocycles. The van der Waals surface area contributed by atoms with Crippen LogP contribution in [0.2, 0.25) is 0 Å². The molecule has 3 aromatic heterocycles. The van der Waals surface area contributed by atoms with E-state index in [-0.39, 0.29) is 11.8 Å². The van der Waals surface area contributed by atoms with E-state index in [0.717, 1.165) is 16.1 Å². The molecule has 154 valence electrons. The summed E-state index contributed by atoms with van der Waals surface area (Å²) in [6, 6.07) is 12.9. The monoisotopic (exact) mass is 440 g/mol. The van der Waals surface area contributed by atoms with Gasteiger partial charge in [-0.1, -0.05) is 18.2 Å². The number of hydrogen-bond donors (Lipinski definition) is 3.